The molecule has 7 heteroatoms. The van der Waals surface area contributed by atoms with E-state index < -0.39 is 37.3 Å². The van der Waals surface area contributed by atoms with Crippen molar-refractivity contribution in [1.82, 2.24) is 0 Å². The first-order valence-corrected chi connectivity index (χ1v) is 5.79. The highest BCUT2D eigenvalue weighted by Gasteiger charge is 2.44. The molecule has 0 aromatic heterocycles. The molecule has 1 aliphatic rings. The van der Waals surface area contributed by atoms with E-state index in [4.69, 9.17) is 14.6 Å². The Morgan fingerprint density at radius 2 is 1.74 bits per heavy atom. The topological polar surface area (TPSA) is 120 Å². The Balaban J connectivity index is 2.13. The Labute approximate surface area is 109 Å². The lowest BCUT2D eigenvalue weighted by molar-refractivity contribution is -0.277. The molecule has 2 rings (SSSR count). The van der Waals surface area contributed by atoms with Gasteiger partial charge in [-0.1, -0.05) is 12.1 Å². The van der Waals surface area contributed by atoms with Gasteiger partial charge in [-0.2, -0.15) is 0 Å². The molecule has 106 valence electrons. The van der Waals surface area contributed by atoms with E-state index in [1.807, 2.05) is 0 Å². The molecule has 1 aromatic rings. The Morgan fingerprint density at radius 3 is 2.37 bits per heavy atom. The van der Waals surface area contributed by atoms with Crippen LogP contribution >= 0.6 is 0 Å². The van der Waals surface area contributed by atoms with Crippen LogP contribution < -0.4 is 4.74 Å². The molecule has 0 radical (unpaired) electrons. The highest BCUT2D eigenvalue weighted by Crippen LogP contribution is 2.29. The van der Waals surface area contributed by atoms with Crippen LogP contribution in [0.4, 0.5) is 0 Å². The summed E-state index contributed by atoms with van der Waals surface area (Å²) in [5.74, 6) is -0.0914. The molecule has 1 aliphatic heterocycles. The molecule has 1 fully saturated rings. The summed E-state index contributed by atoms with van der Waals surface area (Å²) in [6, 6.07) is 6.05. The van der Waals surface area contributed by atoms with E-state index in [1.54, 1.807) is 12.1 Å². The van der Waals surface area contributed by atoms with Gasteiger partial charge in [-0.3, -0.25) is 0 Å². The van der Waals surface area contributed by atoms with Crippen LogP contribution in [0.1, 0.15) is 0 Å². The van der Waals surface area contributed by atoms with Gasteiger partial charge in [0.05, 0.1) is 6.61 Å². The van der Waals surface area contributed by atoms with Gasteiger partial charge in [-0.05, 0) is 12.1 Å². The number of para-hydroxylation sites is 2. The van der Waals surface area contributed by atoms with Gasteiger partial charge in [0.2, 0.25) is 6.29 Å². The molecule has 1 aromatic carbocycles. The summed E-state index contributed by atoms with van der Waals surface area (Å²) >= 11 is 0. The Kier molecular flexibility index (Phi) is 4.23. The number of aromatic hydroxyl groups is 1. The van der Waals surface area contributed by atoms with Gasteiger partial charge < -0.3 is 35.0 Å². The zero-order chi connectivity index (χ0) is 14.0. The maximum atomic E-state index is 9.75. The highest BCUT2D eigenvalue weighted by atomic mass is 16.7. The van der Waals surface area contributed by atoms with Crippen molar-refractivity contribution in [2.75, 3.05) is 6.61 Å². The molecular weight excluding hydrogens is 256 g/mol. The number of aliphatic hydroxyl groups excluding tert-OH is 4. The maximum Gasteiger partial charge on any atom is 0.229 e. The number of ether oxygens (including phenoxy) is 2. The molecule has 0 aliphatic carbocycles. The molecule has 1 heterocycles. The third-order valence-electron chi connectivity index (χ3n) is 2.96. The Morgan fingerprint density at radius 1 is 1.05 bits per heavy atom. The smallest absolute Gasteiger partial charge is 0.229 e. The van der Waals surface area contributed by atoms with E-state index in [0.717, 1.165) is 0 Å². The predicted molar refractivity (Wildman–Crippen MR) is 62.5 cm³/mol. The van der Waals surface area contributed by atoms with Crippen LogP contribution in [0.15, 0.2) is 24.3 Å². The molecule has 19 heavy (non-hydrogen) atoms. The van der Waals surface area contributed by atoms with Crippen LogP contribution in [-0.2, 0) is 4.74 Å². The predicted octanol–water partition coefficient (Wildman–Crippen LogP) is -1.43. The first-order valence-electron chi connectivity index (χ1n) is 5.79. The lowest BCUT2D eigenvalue weighted by atomic mass is 9.99. The number of phenols is 1. The molecular formula is C12H16O7. The minimum absolute atomic E-state index is 0.0619. The fourth-order valence-corrected chi connectivity index (χ4v) is 1.85. The van der Waals surface area contributed by atoms with E-state index in [0.29, 0.717) is 0 Å². The summed E-state index contributed by atoms with van der Waals surface area (Å²) in [5.41, 5.74) is 0. The van der Waals surface area contributed by atoms with Crippen molar-refractivity contribution in [3.63, 3.8) is 0 Å². The van der Waals surface area contributed by atoms with Gasteiger partial charge in [0.15, 0.2) is 11.5 Å². The summed E-state index contributed by atoms with van der Waals surface area (Å²) in [4.78, 5) is 0. The van der Waals surface area contributed by atoms with Crippen molar-refractivity contribution in [1.29, 1.82) is 0 Å². The third-order valence-corrected chi connectivity index (χ3v) is 2.96. The van der Waals surface area contributed by atoms with Crippen molar-refractivity contribution in [2.45, 2.75) is 30.7 Å². The monoisotopic (exact) mass is 272 g/mol. The van der Waals surface area contributed by atoms with Crippen molar-refractivity contribution in [2.24, 2.45) is 0 Å². The molecule has 0 amide bonds. The summed E-state index contributed by atoms with van der Waals surface area (Å²) in [6.45, 7) is -0.536. The quantitative estimate of drug-likeness (QED) is 0.457. The molecule has 7 nitrogen and oxygen atoms in total. The van der Waals surface area contributed by atoms with Crippen LogP contribution in [0.5, 0.6) is 11.5 Å². The van der Waals surface area contributed by atoms with E-state index in [1.165, 1.54) is 12.1 Å². The fourth-order valence-electron chi connectivity index (χ4n) is 1.85. The van der Waals surface area contributed by atoms with Gasteiger partial charge in [0, 0.05) is 0 Å². The van der Waals surface area contributed by atoms with E-state index in [9.17, 15) is 20.4 Å². The first-order chi connectivity index (χ1) is 9.04. The van der Waals surface area contributed by atoms with Crippen LogP contribution in [0, 0.1) is 0 Å². The van der Waals surface area contributed by atoms with Gasteiger partial charge >= 0.3 is 0 Å². The second-order valence-electron chi connectivity index (χ2n) is 4.28. The van der Waals surface area contributed by atoms with Crippen LogP contribution in [-0.4, -0.2) is 62.8 Å². The average molecular weight is 272 g/mol. The Hall–Kier alpha value is -1.38. The average Bonchev–Trinajstić information content (AvgIpc) is 2.41. The molecule has 1 saturated heterocycles. The maximum absolute atomic E-state index is 9.75. The highest BCUT2D eigenvalue weighted by molar-refractivity contribution is 5.38. The van der Waals surface area contributed by atoms with Gasteiger partial charge in [-0.15, -0.1) is 0 Å². The molecule has 0 saturated carbocycles. The number of rotatable bonds is 3. The largest absolute Gasteiger partial charge is 0.504 e. The van der Waals surface area contributed by atoms with E-state index in [2.05, 4.69) is 0 Å². The zero-order valence-corrected chi connectivity index (χ0v) is 9.96. The fraction of sp³-hybridized carbons (Fsp3) is 0.500. The standard InChI is InChI=1S/C12H16O7/c13-5-8-9(15)10(16)11(17)12(19-8)18-7-4-2-1-3-6(7)14/h1-4,8-17H,5H2/t8-,9-,10+,11-,12?/m0/s1. The molecule has 1 unspecified atom stereocenters. The van der Waals surface area contributed by atoms with Crippen molar-refractivity contribution in [3.05, 3.63) is 24.3 Å². The van der Waals surface area contributed by atoms with E-state index in [-0.39, 0.29) is 11.5 Å². The van der Waals surface area contributed by atoms with Gasteiger partial charge in [0.25, 0.3) is 0 Å². The first kappa shape index (κ1) is 14.0. The lowest BCUT2D eigenvalue weighted by Gasteiger charge is -2.39. The van der Waals surface area contributed by atoms with E-state index >= 15 is 0 Å². The number of phenolic OH excluding ortho intramolecular Hbond substituents is 1. The molecule has 0 spiro atoms. The second-order valence-corrected chi connectivity index (χ2v) is 4.28. The minimum atomic E-state index is -1.51. The zero-order valence-electron chi connectivity index (χ0n) is 9.96. The number of benzene rings is 1. The summed E-state index contributed by atoms with van der Waals surface area (Å²) in [7, 11) is 0. The molecule has 5 N–H and O–H groups in total. The number of hydrogen-bond acceptors (Lipinski definition) is 7. The minimum Gasteiger partial charge on any atom is -0.504 e. The van der Waals surface area contributed by atoms with Gasteiger partial charge in [-0.25, -0.2) is 0 Å². The normalized spacial score (nSPS) is 35.1. The summed E-state index contributed by atoms with van der Waals surface area (Å²) < 4.78 is 10.4. The third kappa shape index (κ3) is 2.80. The summed E-state index contributed by atoms with van der Waals surface area (Å²) in [6.07, 6.45) is -6.80. The van der Waals surface area contributed by atoms with Gasteiger partial charge in [0.1, 0.15) is 24.4 Å². The number of hydrogen-bond donors (Lipinski definition) is 5. The van der Waals surface area contributed by atoms with Crippen LogP contribution in [0.2, 0.25) is 0 Å². The number of aliphatic hydroxyl groups is 4. The van der Waals surface area contributed by atoms with Crippen LogP contribution in [0.3, 0.4) is 0 Å². The lowest BCUT2D eigenvalue weighted by Crippen LogP contribution is -2.60. The summed E-state index contributed by atoms with van der Waals surface area (Å²) in [5, 5.41) is 47.5. The van der Waals surface area contributed by atoms with Crippen molar-refractivity contribution >= 4 is 0 Å². The molecule has 0 bridgehead atoms. The molecule has 5 atom stereocenters. The Bertz CT molecular complexity index is 422. The van der Waals surface area contributed by atoms with Crippen molar-refractivity contribution in [3.8, 4) is 11.5 Å². The van der Waals surface area contributed by atoms with Crippen LogP contribution in [0.25, 0.3) is 0 Å². The second kappa shape index (κ2) is 5.72. The SMILES string of the molecule is OC[C@@H]1OC(Oc2ccccc2O)[C@@H](O)[C@H](O)[C@H]1O. The van der Waals surface area contributed by atoms with Crippen molar-refractivity contribution < 1.29 is 35.0 Å².